The number of carbonyl (C=O) groups is 1. The van der Waals surface area contributed by atoms with Crippen LogP contribution >= 0.6 is 0 Å². The average molecular weight is 406 g/mol. The van der Waals surface area contributed by atoms with E-state index in [1.807, 2.05) is 59.5 Å². The van der Waals surface area contributed by atoms with E-state index in [1.54, 1.807) is 14.2 Å². The molecule has 2 unspecified atom stereocenters. The van der Waals surface area contributed by atoms with Crippen LogP contribution in [0.3, 0.4) is 0 Å². The Labute approximate surface area is 176 Å². The molecule has 3 aromatic rings. The highest BCUT2D eigenvalue weighted by molar-refractivity contribution is 5.78. The smallest absolute Gasteiger partial charge is 0.320 e. The second-order valence-electron chi connectivity index (χ2n) is 7.53. The van der Waals surface area contributed by atoms with Gasteiger partial charge >= 0.3 is 5.97 Å². The first-order valence-corrected chi connectivity index (χ1v) is 10.2. The van der Waals surface area contributed by atoms with Crippen molar-refractivity contribution >= 4 is 16.9 Å². The number of ether oxygens (including phenoxy) is 2. The van der Waals surface area contributed by atoms with Gasteiger partial charge in [0.1, 0.15) is 17.5 Å². The molecule has 156 valence electrons. The third kappa shape index (κ3) is 3.83. The minimum Gasteiger partial charge on any atom is -0.497 e. The van der Waals surface area contributed by atoms with Crippen molar-refractivity contribution in [2.24, 2.45) is 0 Å². The molecule has 1 fully saturated rings. The van der Waals surface area contributed by atoms with Gasteiger partial charge in [0, 0.05) is 17.0 Å². The van der Waals surface area contributed by atoms with Crippen LogP contribution in [-0.2, 0) is 4.79 Å². The number of carboxylic acid groups (broad SMARTS) is 1. The molecule has 0 spiro atoms. The first kappa shape index (κ1) is 20.2. The zero-order valence-electron chi connectivity index (χ0n) is 17.2. The summed E-state index contributed by atoms with van der Waals surface area (Å²) >= 11 is 0. The van der Waals surface area contributed by atoms with Crippen LogP contribution in [0.1, 0.15) is 36.6 Å². The third-order valence-electron chi connectivity index (χ3n) is 5.80. The highest BCUT2D eigenvalue weighted by Crippen LogP contribution is 2.39. The maximum atomic E-state index is 12.1. The Morgan fingerprint density at radius 2 is 1.93 bits per heavy atom. The van der Waals surface area contributed by atoms with Gasteiger partial charge in [-0.2, -0.15) is 0 Å². The Hall–Kier alpha value is -3.12. The van der Waals surface area contributed by atoms with Crippen molar-refractivity contribution in [3.63, 3.8) is 0 Å². The number of rotatable bonds is 6. The minimum atomic E-state index is -0.798. The van der Waals surface area contributed by atoms with Crippen molar-refractivity contribution in [3.8, 4) is 11.5 Å². The summed E-state index contributed by atoms with van der Waals surface area (Å²) in [5, 5.41) is 11.0. The average Bonchev–Trinajstić information content (AvgIpc) is 2.79. The van der Waals surface area contributed by atoms with Crippen molar-refractivity contribution in [2.75, 3.05) is 20.8 Å². The predicted octanol–water partition coefficient (Wildman–Crippen LogP) is 4.28. The number of para-hydroxylation sites is 1. The first-order chi connectivity index (χ1) is 14.6. The fourth-order valence-electron chi connectivity index (χ4n) is 4.31. The maximum absolute atomic E-state index is 12.1. The van der Waals surface area contributed by atoms with Crippen LogP contribution in [0.5, 0.6) is 11.5 Å². The molecule has 2 atom stereocenters. The molecule has 6 heteroatoms. The van der Waals surface area contributed by atoms with E-state index in [4.69, 9.17) is 14.5 Å². The Morgan fingerprint density at radius 3 is 2.70 bits per heavy atom. The Kier molecular flexibility index (Phi) is 5.86. The summed E-state index contributed by atoms with van der Waals surface area (Å²) in [6.45, 7) is 0.686. The van der Waals surface area contributed by atoms with Gasteiger partial charge in [-0.1, -0.05) is 30.7 Å². The molecule has 1 aliphatic rings. The number of carboxylic acids is 1. The summed E-state index contributed by atoms with van der Waals surface area (Å²) in [6.07, 6.45) is 2.48. The molecule has 1 N–H and O–H groups in total. The van der Waals surface area contributed by atoms with Crippen molar-refractivity contribution < 1.29 is 19.4 Å². The van der Waals surface area contributed by atoms with Crippen molar-refractivity contribution in [2.45, 2.75) is 31.3 Å². The van der Waals surface area contributed by atoms with E-state index in [9.17, 15) is 9.90 Å². The topological polar surface area (TPSA) is 71.9 Å². The number of hydrogen-bond donors (Lipinski definition) is 1. The SMILES string of the molecule is COc1ccc(C(c2ccc3ccccc3n2)N2CCCCC2C(=O)O)c(OC)c1. The van der Waals surface area contributed by atoms with Gasteiger partial charge < -0.3 is 14.6 Å². The van der Waals surface area contributed by atoms with E-state index in [-0.39, 0.29) is 6.04 Å². The van der Waals surface area contributed by atoms with Crippen LogP contribution in [0.4, 0.5) is 0 Å². The van der Waals surface area contributed by atoms with Gasteiger partial charge in [0.2, 0.25) is 0 Å². The van der Waals surface area contributed by atoms with Crippen LogP contribution < -0.4 is 9.47 Å². The summed E-state index contributed by atoms with van der Waals surface area (Å²) in [4.78, 5) is 19.1. The lowest BCUT2D eigenvalue weighted by Gasteiger charge is -2.39. The molecule has 0 aliphatic carbocycles. The highest BCUT2D eigenvalue weighted by Gasteiger charge is 2.37. The molecular weight excluding hydrogens is 380 g/mol. The van der Waals surface area contributed by atoms with E-state index in [0.29, 0.717) is 24.5 Å². The molecule has 0 bridgehead atoms. The molecule has 6 nitrogen and oxygen atoms in total. The maximum Gasteiger partial charge on any atom is 0.320 e. The van der Waals surface area contributed by atoms with Gasteiger partial charge in [-0.3, -0.25) is 14.7 Å². The van der Waals surface area contributed by atoms with Crippen LogP contribution in [0.25, 0.3) is 10.9 Å². The highest BCUT2D eigenvalue weighted by atomic mass is 16.5. The van der Waals surface area contributed by atoms with Gasteiger partial charge in [-0.25, -0.2) is 0 Å². The monoisotopic (exact) mass is 406 g/mol. The van der Waals surface area contributed by atoms with Gasteiger partial charge in [-0.15, -0.1) is 0 Å². The quantitative estimate of drug-likeness (QED) is 0.659. The van der Waals surface area contributed by atoms with Gasteiger partial charge in [-0.05, 0) is 43.7 Å². The largest absolute Gasteiger partial charge is 0.497 e. The Morgan fingerprint density at radius 1 is 1.10 bits per heavy atom. The van der Waals surface area contributed by atoms with Crippen LogP contribution in [0, 0.1) is 0 Å². The summed E-state index contributed by atoms with van der Waals surface area (Å²) in [5.74, 6) is 0.547. The number of pyridine rings is 1. The minimum absolute atomic E-state index is 0.336. The van der Waals surface area contributed by atoms with Crippen molar-refractivity contribution in [1.82, 2.24) is 9.88 Å². The van der Waals surface area contributed by atoms with Gasteiger partial charge in [0.05, 0.1) is 31.5 Å². The molecule has 0 saturated carbocycles. The number of aliphatic carboxylic acids is 1. The molecule has 2 heterocycles. The summed E-state index contributed by atoms with van der Waals surface area (Å²) in [6, 6.07) is 16.7. The van der Waals surface area contributed by atoms with Gasteiger partial charge in [0.25, 0.3) is 0 Å². The third-order valence-corrected chi connectivity index (χ3v) is 5.80. The number of methoxy groups -OCH3 is 2. The number of hydrogen-bond acceptors (Lipinski definition) is 5. The zero-order valence-corrected chi connectivity index (χ0v) is 17.2. The number of nitrogens with zero attached hydrogens (tertiary/aromatic N) is 2. The zero-order chi connectivity index (χ0) is 21.1. The molecule has 1 saturated heterocycles. The second kappa shape index (κ2) is 8.71. The van der Waals surface area contributed by atoms with E-state index >= 15 is 0 Å². The van der Waals surface area contributed by atoms with Crippen LogP contribution in [-0.4, -0.2) is 47.8 Å². The van der Waals surface area contributed by atoms with Crippen molar-refractivity contribution in [3.05, 3.63) is 65.9 Å². The molecule has 30 heavy (non-hydrogen) atoms. The molecule has 0 radical (unpaired) electrons. The fourth-order valence-corrected chi connectivity index (χ4v) is 4.31. The standard InChI is InChI=1S/C24H26N2O4/c1-29-17-11-12-18(22(15-17)30-2)23(26-14-6-5-9-21(26)24(27)28)20-13-10-16-7-3-4-8-19(16)25-20/h3-4,7-8,10-13,15,21,23H,5-6,9,14H2,1-2H3,(H,27,28). The molecule has 1 aromatic heterocycles. The normalized spacial score (nSPS) is 18.1. The van der Waals surface area contributed by atoms with E-state index in [0.717, 1.165) is 35.0 Å². The van der Waals surface area contributed by atoms with Crippen molar-refractivity contribution in [1.29, 1.82) is 0 Å². The summed E-state index contributed by atoms with van der Waals surface area (Å²) in [7, 11) is 3.23. The summed E-state index contributed by atoms with van der Waals surface area (Å²) < 4.78 is 11.0. The molecular formula is C24H26N2O4. The van der Waals surface area contributed by atoms with E-state index in [2.05, 4.69) is 0 Å². The fraction of sp³-hybridized carbons (Fsp3) is 0.333. The van der Waals surface area contributed by atoms with E-state index in [1.165, 1.54) is 0 Å². The molecule has 1 aliphatic heterocycles. The first-order valence-electron chi connectivity index (χ1n) is 10.2. The lowest BCUT2D eigenvalue weighted by Crippen LogP contribution is -2.47. The van der Waals surface area contributed by atoms with Crippen LogP contribution in [0.2, 0.25) is 0 Å². The lowest BCUT2D eigenvalue weighted by atomic mass is 9.93. The Bertz CT molecular complexity index is 1050. The van der Waals surface area contributed by atoms with Crippen LogP contribution in [0.15, 0.2) is 54.6 Å². The lowest BCUT2D eigenvalue weighted by molar-refractivity contribution is -0.145. The number of piperidine rings is 1. The van der Waals surface area contributed by atoms with E-state index < -0.39 is 12.0 Å². The molecule has 0 amide bonds. The number of fused-ring (bicyclic) bond motifs is 1. The summed E-state index contributed by atoms with van der Waals surface area (Å²) in [5.41, 5.74) is 2.58. The molecule has 2 aromatic carbocycles. The molecule has 4 rings (SSSR count). The number of benzene rings is 2. The van der Waals surface area contributed by atoms with Gasteiger partial charge in [0.15, 0.2) is 0 Å². The Balaban J connectivity index is 1.89. The number of likely N-dealkylation sites (tertiary alicyclic amines) is 1. The second-order valence-corrected chi connectivity index (χ2v) is 7.53. The predicted molar refractivity (Wildman–Crippen MR) is 115 cm³/mol. The number of aromatic nitrogens is 1.